The second-order valence-electron chi connectivity index (χ2n) is 4.14. The molecule has 0 bridgehead atoms. The van der Waals surface area contributed by atoms with Crippen LogP contribution in [0.1, 0.15) is 17.9 Å². The highest BCUT2D eigenvalue weighted by atomic mass is 16.2. The van der Waals surface area contributed by atoms with Crippen molar-refractivity contribution in [3.8, 4) is 0 Å². The molecule has 0 spiro atoms. The van der Waals surface area contributed by atoms with Crippen LogP contribution < -0.4 is 10.9 Å². The molecule has 90 valence electrons. The summed E-state index contributed by atoms with van der Waals surface area (Å²) in [6.45, 7) is 0. The Bertz CT molecular complexity index is 720. The fourth-order valence-electron chi connectivity index (χ4n) is 2.07. The lowest BCUT2D eigenvalue weighted by molar-refractivity contribution is -0.125. The lowest BCUT2D eigenvalue weighted by Gasteiger charge is -2.06. The van der Waals surface area contributed by atoms with Gasteiger partial charge in [0.05, 0.1) is 5.92 Å². The number of nitrogens with zero attached hydrogens (tertiary/aromatic N) is 2. The van der Waals surface area contributed by atoms with E-state index in [4.69, 9.17) is 0 Å². The van der Waals surface area contributed by atoms with E-state index in [0.717, 1.165) is 0 Å². The van der Waals surface area contributed by atoms with Gasteiger partial charge in [0, 0.05) is 24.4 Å². The first-order chi connectivity index (χ1) is 8.65. The van der Waals surface area contributed by atoms with Crippen molar-refractivity contribution < 1.29 is 9.59 Å². The van der Waals surface area contributed by atoms with Gasteiger partial charge in [-0.15, -0.1) is 0 Å². The van der Waals surface area contributed by atoms with Gasteiger partial charge < -0.3 is 4.40 Å². The van der Waals surface area contributed by atoms with Gasteiger partial charge in [0.15, 0.2) is 0 Å². The van der Waals surface area contributed by atoms with Crippen molar-refractivity contribution in [2.24, 2.45) is 0 Å². The van der Waals surface area contributed by atoms with Crippen molar-refractivity contribution >= 4 is 17.5 Å². The maximum Gasteiger partial charge on any atom is 0.277 e. The van der Waals surface area contributed by atoms with E-state index >= 15 is 0 Å². The van der Waals surface area contributed by atoms with Gasteiger partial charge in [-0.2, -0.15) is 4.98 Å². The molecule has 1 unspecified atom stereocenters. The Hall–Kier alpha value is -2.50. The number of aromatic nitrogens is 2. The Morgan fingerprint density at radius 1 is 1.28 bits per heavy atom. The monoisotopic (exact) mass is 243 g/mol. The highest BCUT2D eigenvalue weighted by molar-refractivity contribution is 6.06. The maximum atomic E-state index is 11.9. The average molecular weight is 243 g/mol. The number of rotatable bonds is 1. The van der Waals surface area contributed by atoms with Gasteiger partial charge >= 0.3 is 0 Å². The lowest BCUT2D eigenvalue weighted by atomic mass is 10.0. The minimum atomic E-state index is -0.727. The van der Waals surface area contributed by atoms with Crippen molar-refractivity contribution in [3.05, 3.63) is 46.5 Å². The summed E-state index contributed by atoms with van der Waals surface area (Å²) in [4.78, 5) is 38.5. The molecule has 0 radical (unpaired) electrons. The Morgan fingerprint density at radius 3 is 2.83 bits per heavy atom. The molecule has 2 aromatic heterocycles. The number of imide groups is 1. The molecule has 0 saturated carbocycles. The molecule has 1 aliphatic heterocycles. The smallest absolute Gasteiger partial charge is 0.277 e. The molecule has 0 aromatic carbocycles. The summed E-state index contributed by atoms with van der Waals surface area (Å²) in [5, 5.41) is 2.19. The largest absolute Gasteiger partial charge is 0.308 e. The second kappa shape index (κ2) is 3.76. The molecule has 0 aliphatic carbocycles. The molecule has 1 N–H and O–H groups in total. The van der Waals surface area contributed by atoms with Crippen molar-refractivity contribution in [1.29, 1.82) is 0 Å². The number of amides is 2. The summed E-state index contributed by atoms with van der Waals surface area (Å²) in [6, 6.07) is 5.26. The van der Waals surface area contributed by atoms with Crippen molar-refractivity contribution in [1.82, 2.24) is 14.7 Å². The van der Waals surface area contributed by atoms with E-state index in [2.05, 4.69) is 10.3 Å². The van der Waals surface area contributed by atoms with Crippen molar-refractivity contribution in [2.75, 3.05) is 0 Å². The van der Waals surface area contributed by atoms with E-state index < -0.39 is 17.4 Å². The number of carbonyl (C=O) groups is 2. The van der Waals surface area contributed by atoms with Crippen LogP contribution >= 0.6 is 0 Å². The van der Waals surface area contributed by atoms with Gasteiger partial charge in [0.25, 0.3) is 5.56 Å². The number of carbonyl (C=O) groups excluding carboxylic acids is 2. The predicted molar refractivity (Wildman–Crippen MR) is 62.0 cm³/mol. The minimum Gasteiger partial charge on any atom is -0.308 e. The third-order valence-corrected chi connectivity index (χ3v) is 2.95. The summed E-state index contributed by atoms with van der Waals surface area (Å²) in [5.41, 5.74) is 0.300. The summed E-state index contributed by atoms with van der Waals surface area (Å²) in [6.07, 6.45) is 3.31. The zero-order chi connectivity index (χ0) is 12.7. The van der Waals surface area contributed by atoms with Crippen LogP contribution in [0.2, 0.25) is 0 Å². The number of fused-ring (bicyclic) bond motifs is 1. The summed E-state index contributed by atoms with van der Waals surface area (Å²) in [7, 11) is 0. The van der Waals surface area contributed by atoms with Gasteiger partial charge in [0.2, 0.25) is 11.8 Å². The molecular weight excluding hydrogens is 234 g/mol. The summed E-state index contributed by atoms with van der Waals surface area (Å²) in [5.74, 6) is -1.52. The molecule has 2 amide bonds. The van der Waals surface area contributed by atoms with Gasteiger partial charge in [0.1, 0.15) is 5.65 Å². The Kier molecular flexibility index (Phi) is 2.22. The SMILES string of the molecule is O=C1CC(c2cn3ccccc3nc2=O)C(=O)N1. The van der Waals surface area contributed by atoms with Crippen LogP contribution in [0, 0.1) is 0 Å². The van der Waals surface area contributed by atoms with Crippen molar-refractivity contribution in [2.45, 2.75) is 12.3 Å². The van der Waals surface area contributed by atoms with E-state index in [1.165, 1.54) is 0 Å². The summed E-state index contributed by atoms with van der Waals surface area (Å²) < 4.78 is 1.66. The van der Waals surface area contributed by atoms with Crippen LogP contribution in [-0.2, 0) is 9.59 Å². The zero-order valence-electron chi connectivity index (χ0n) is 9.29. The Morgan fingerprint density at radius 2 is 2.11 bits per heavy atom. The summed E-state index contributed by atoms with van der Waals surface area (Å²) >= 11 is 0. The van der Waals surface area contributed by atoms with Gasteiger partial charge in [-0.3, -0.25) is 19.7 Å². The van der Waals surface area contributed by atoms with Gasteiger partial charge in [-0.05, 0) is 12.1 Å². The fraction of sp³-hybridized carbons (Fsp3) is 0.167. The van der Waals surface area contributed by atoms with Crippen LogP contribution in [-0.4, -0.2) is 21.2 Å². The van der Waals surface area contributed by atoms with Crippen LogP contribution in [0.15, 0.2) is 35.4 Å². The molecule has 1 fully saturated rings. The number of hydrogen-bond acceptors (Lipinski definition) is 4. The van der Waals surface area contributed by atoms with E-state index in [9.17, 15) is 14.4 Å². The van der Waals surface area contributed by atoms with Gasteiger partial charge in [-0.1, -0.05) is 6.07 Å². The average Bonchev–Trinajstić information content (AvgIpc) is 2.67. The molecule has 3 heterocycles. The highest BCUT2D eigenvalue weighted by Crippen LogP contribution is 2.21. The minimum absolute atomic E-state index is 0.00858. The number of nitrogens with one attached hydrogen (secondary N) is 1. The van der Waals surface area contributed by atoms with Crippen LogP contribution in [0.25, 0.3) is 5.65 Å². The first-order valence-electron chi connectivity index (χ1n) is 5.47. The molecule has 3 rings (SSSR count). The molecule has 18 heavy (non-hydrogen) atoms. The third-order valence-electron chi connectivity index (χ3n) is 2.95. The fourth-order valence-corrected chi connectivity index (χ4v) is 2.07. The van der Waals surface area contributed by atoms with Crippen LogP contribution in [0.4, 0.5) is 0 Å². The Labute approximate surface area is 101 Å². The molecule has 1 aliphatic rings. The molecule has 6 nitrogen and oxygen atoms in total. The van der Waals surface area contributed by atoms with Gasteiger partial charge in [-0.25, -0.2) is 0 Å². The van der Waals surface area contributed by atoms with Crippen molar-refractivity contribution in [3.63, 3.8) is 0 Å². The molecule has 1 saturated heterocycles. The number of hydrogen-bond donors (Lipinski definition) is 1. The normalized spacial score (nSPS) is 19.2. The molecule has 1 atom stereocenters. The van der Waals surface area contributed by atoms with Crippen LogP contribution in [0.5, 0.6) is 0 Å². The number of pyridine rings is 1. The first kappa shape index (κ1) is 10.6. The quantitative estimate of drug-likeness (QED) is 0.705. The topological polar surface area (TPSA) is 80.5 Å². The van der Waals surface area contributed by atoms with E-state index in [0.29, 0.717) is 5.65 Å². The molecular formula is C12H9N3O3. The van der Waals surface area contributed by atoms with E-state index in [1.807, 2.05) is 0 Å². The highest BCUT2D eigenvalue weighted by Gasteiger charge is 2.34. The van der Waals surface area contributed by atoms with E-state index in [-0.39, 0.29) is 17.9 Å². The van der Waals surface area contributed by atoms with Crippen LogP contribution in [0.3, 0.4) is 0 Å². The third kappa shape index (κ3) is 1.58. The molecule has 2 aromatic rings. The first-order valence-corrected chi connectivity index (χ1v) is 5.47. The zero-order valence-corrected chi connectivity index (χ0v) is 9.29. The van der Waals surface area contributed by atoms with E-state index in [1.54, 1.807) is 35.0 Å². The Balaban J connectivity index is 2.18. The maximum absolute atomic E-state index is 11.9. The standard InChI is InChI=1S/C12H9N3O3/c16-10-5-7(11(17)14-10)8-6-15-4-2-1-3-9(15)13-12(8)18/h1-4,6-7H,5H2,(H,14,16,17). The second-order valence-corrected chi connectivity index (χ2v) is 4.14. The predicted octanol–water partition coefficient (Wildman–Crippen LogP) is -0.175. The lowest BCUT2D eigenvalue weighted by Crippen LogP contribution is -2.25. The molecule has 6 heteroatoms.